The predicted octanol–water partition coefficient (Wildman–Crippen LogP) is 0.854. The third-order valence-corrected chi connectivity index (χ3v) is 4.50. The van der Waals surface area contributed by atoms with Crippen LogP contribution in [-0.2, 0) is 25.6 Å². The van der Waals surface area contributed by atoms with Crippen molar-refractivity contribution >= 4 is 23.7 Å². The average Bonchev–Trinajstić information content (AvgIpc) is 2.65. The second kappa shape index (κ2) is 11.1. The number of nitrogens with one attached hydrogen (secondary N) is 3. The molecule has 4 N–H and O–H groups in total. The Bertz CT molecular complexity index is 692. The Labute approximate surface area is 165 Å². The van der Waals surface area contributed by atoms with Crippen molar-refractivity contribution in [3.05, 3.63) is 35.9 Å². The highest BCUT2D eigenvalue weighted by atomic mass is 16.4. The van der Waals surface area contributed by atoms with Crippen molar-refractivity contribution in [1.29, 1.82) is 0 Å². The van der Waals surface area contributed by atoms with Crippen LogP contribution >= 0.6 is 0 Å². The van der Waals surface area contributed by atoms with Crippen LogP contribution in [0.1, 0.15) is 39.7 Å². The van der Waals surface area contributed by atoms with Gasteiger partial charge < -0.3 is 21.1 Å². The molecule has 0 aliphatic heterocycles. The van der Waals surface area contributed by atoms with E-state index in [-0.39, 0.29) is 18.2 Å². The topological polar surface area (TPSA) is 125 Å². The Morgan fingerprint density at radius 2 is 1.57 bits per heavy atom. The van der Waals surface area contributed by atoms with Crippen molar-refractivity contribution < 1.29 is 24.3 Å². The van der Waals surface area contributed by atoms with Crippen LogP contribution in [0.5, 0.6) is 0 Å². The Morgan fingerprint density at radius 1 is 0.964 bits per heavy atom. The summed E-state index contributed by atoms with van der Waals surface area (Å²) in [5.74, 6) is -2.72. The van der Waals surface area contributed by atoms with Gasteiger partial charge in [0.1, 0.15) is 18.1 Å². The number of carboxylic acids is 1. The van der Waals surface area contributed by atoms with E-state index in [1.165, 1.54) is 13.8 Å². The minimum Gasteiger partial charge on any atom is -0.480 e. The van der Waals surface area contributed by atoms with Gasteiger partial charge in [0.15, 0.2) is 0 Å². The third-order valence-electron chi connectivity index (χ3n) is 4.50. The first-order valence-electron chi connectivity index (χ1n) is 9.30. The lowest BCUT2D eigenvalue weighted by Gasteiger charge is -2.25. The molecule has 0 aliphatic rings. The first-order chi connectivity index (χ1) is 13.1. The molecule has 0 aromatic heterocycles. The number of amides is 3. The molecule has 28 heavy (non-hydrogen) atoms. The monoisotopic (exact) mass is 391 g/mol. The van der Waals surface area contributed by atoms with Gasteiger partial charge >= 0.3 is 5.97 Å². The number of carboxylic acid groups (broad SMARTS) is 1. The van der Waals surface area contributed by atoms with E-state index in [4.69, 9.17) is 0 Å². The van der Waals surface area contributed by atoms with E-state index < -0.39 is 35.9 Å². The molecule has 0 saturated carbocycles. The molecule has 0 spiro atoms. The molecule has 8 nitrogen and oxygen atoms in total. The van der Waals surface area contributed by atoms with E-state index in [0.717, 1.165) is 5.56 Å². The minimum absolute atomic E-state index is 0.121. The number of hydrogen-bond donors (Lipinski definition) is 4. The first kappa shape index (κ1) is 23.1. The normalized spacial score (nSPS) is 14.9. The number of hydrogen-bond acceptors (Lipinski definition) is 4. The van der Waals surface area contributed by atoms with Gasteiger partial charge in [0.2, 0.25) is 17.7 Å². The van der Waals surface area contributed by atoms with Gasteiger partial charge in [0, 0.05) is 13.3 Å². The highest BCUT2D eigenvalue weighted by Crippen LogP contribution is 2.09. The SMILES string of the molecule is CC[C@H](C)[C@H](NC(C)=O)C(=O)N[C@@H](C)C(=O)N[C@@H](Cc1ccccc1)C(=O)O. The average molecular weight is 391 g/mol. The molecule has 1 rings (SSSR count). The quantitative estimate of drug-likeness (QED) is 0.471. The molecule has 0 fully saturated rings. The first-order valence-corrected chi connectivity index (χ1v) is 9.30. The highest BCUT2D eigenvalue weighted by molar-refractivity contribution is 5.93. The zero-order valence-corrected chi connectivity index (χ0v) is 16.7. The van der Waals surface area contributed by atoms with Crippen molar-refractivity contribution in [2.45, 2.75) is 58.7 Å². The molecule has 0 aliphatic carbocycles. The lowest BCUT2D eigenvalue weighted by atomic mass is 9.98. The predicted molar refractivity (Wildman–Crippen MR) is 104 cm³/mol. The number of benzene rings is 1. The Hall–Kier alpha value is -2.90. The fraction of sp³-hybridized carbons (Fsp3) is 0.500. The second-order valence-corrected chi connectivity index (χ2v) is 6.88. The standard InChI is InChI=1S/C20H29N3O5/c1-5-12(2)17(22-14(4)24)19(26)21-13(3)18(25)23-16(20(27)28)11-15-9-7-6-8-10-15/h6-10,12-13,16-17H,5,11H2,1-4H3,(H,21,26)(H,22,24)(H,23,25)(H,27,28)/t12-,13-,16-,17-/m0/s1. The van der Waals surface area contributed by atoms with Gasteiger partial charge in [0.25, 0.3) is 0 Å². The number of carbonyl (C=O) groups excluding carboxylic acids is 3. The molecule has 0 saturated heterocycles. The summed E-state index contributed by atoms with van der Waals surface area (Å²) in [6, 6.07) is 6.11. The van der Waals surface area contributed by atoms with Gasteiger partial charge in [-0.3, -0.25) is 14.4 Å². The van der Waals surface area contributed by atoms with Crippen molar-refractivity contribution in [2.75, 3.05) is 0 Å². The van der Waals surface area contributed by atoms with Crippen LogP contribution in [0.4, 0.5) is 0 Å². The maximum Gasteiger partial charge on any atom is 0.326 e. The zero-order valence-electron chi connectivity index (χ0n) is 16.7. The smallest absolute Gasteiger partial charge is 0.326 e. The van der Waals surface area contributed by atoms with Gasteiger partial charge in [-0.05, 0) is 18.4 Å². The van der Waals surface area contributed by atoms with E-state index in [0.29, 0.717) is 6.42 Å². The van der Waals surface area contributed by atoms with Crippen molar-refractivity contribution in [1.82, 2.24) is 16.0 Å². The minimum atomic E-state index is -1.16. The summed E-state index contributed by atoms with van der Waals surface area (Å²) in [6.07, 6.45) is 0.793. The maximum absolute atomic E-state index is 12.5. The fourth-order valence-corrected chi connectivity index (χ4v) is 2.64. The molecular weight excluding hydrogens is 362 g/mol. The molecular formula is C20H29N3O5. The molecule has 0 radical (unpaired) electrons. The van der Waals surface area contributed by atoms with Crippen LogP contribution in [0.2, 0.25) is 0 Å². The van der Waals surface area contributed by atoms with Crippen LogP contribution in [0, 0.1) is 5.92 Å². The molecule has 3 amide bonds. The summed E-state index contributed by atoms with van der Waals surface area (Å²) in [5, 5.41) is 17.0. The van der Waals surface area contributed by atoms with E-state index in [9.17, 15) is 24.3 Å². The van der Waals surface area contributed by atoms with Gasteiger partial charge in [-0.15, -0.1) is 0 Å². The van der Waals surface area contributed by atoms with Crippen LogP contribution in [0.15, 0.2) is 30.3 Å². The van der Waals surface area contributed by atoms with Gasteiger partial charge in [-0.2, -0.15) is 0 Å². The Morgan fingerprint density at radius 3 is 2.07 bits per heavy atom. The molecule has 1 aromatic rings. The second-order valence-electron chi connectivity index (χ2n) is 6.88. The highest BCUT2D eigenvalue weighted by Gasteiger charge is 2.29. The van der Waals surface area contributed by atoms with Gasteiger partial charge in [-0.25, -0.2) is 4.79 Å². The molecule has 0 bridgehead atoms. The summed E-state index contributed by atoms with van der Waals surface area (Å²) < 4.78 is 0. The van der Waals surface area contributed by atoms with E-state index in [1.807, 2.05) is 19.9 Å². The Balaban J connectivity index is 2.74. The van der Waals surface area contributed by atoms with E-state index >= 15 is 0 Å². The summed E-state index contributed by atoms with van der Waals surface area (Å²) in [6.45, 7) is 6.51. The van der Waals surface area contributed by atoms with Crippen LogP contribution in [0.3, 0.4) is 0 Å². The van der Waals surface area contributed by atoms with E-state index in [2.05, 4.69) is 16.0 Å². The van der Waals surface area contributed by atoms with Gasteiger partial charge in [-0.1, -0.05) is 50.6 Å². The summed E-state index contributed by atoms with van der Waals surface area (Å²) in [7, 11) is 0. The van der Waals surface area contributed by atoms with Crippen LogP contribution < -0.4 is 16.0 Å². The molecule has 0 heterocycles. The lowest BCUT2D eigenvalue weighted by molar-refractivity contribution is -0.142. The van der Waals surface area contributed by atoms with Gasteiger partial charge in [0.05, 0.1) is 0 Å². The maximum atomic E-state index is 12.5. The summed E-state index contributed by atoms with van der Waals surface area (Å²) >= 11 is 0. The van der Waals surface area contributed by atoms with Crippen molar-refractivity contribution in [3.63, 3.8) is 0 Å². The van der Waals surface area contributed by atoms with E-state index in [1.54, 1.807) is 24.3 Å². The third kappa shape index (κ3) is 7.38. The molecule has 8 heteroatoms. The van der Waals surface area contributed by atoms with Crippen LogP contribution in [-0.4, -0.2) is 46.9 Å². The number of carbonyl (C=O) groups is 4. The largest absolute Gasteiger partial charge is 0.480 e. The molecule has 4 atom stereocenters. The summed E-state index contributed by atoms with van der Waals surface area (Å²) in [4.78, 5) is 47.7. The lowest BCUT2D eigenvalue weighted by Crippen LogP contribution is -2.56. The van der Waals surface area contributed by atoms with Crippen LogP contribution in [0.25, 0.3) is 0 Å². The Kier molecular flexibility index (Phi) is 9.14. The zero-order chi connectivity index (χ0) is 21.3. The fourth-order valence-electron chi connectivity index (χ4n) is 2.64. The molecule has 154 valence electrons. The molecule has 0 unspecified atom stereocenters. The number of aliphatic carboxylic acids is 1. The molecule has 1 aromatic carbocycles. The summed E-state index contributed by atoms with van der Waals surface area (Å²) in [5.41, 5.74) is 0.773. The number of rotatable bonds is 10. The van der Waals surface area contributed by atoms with Crippen molar-refractivity contribution in [2.24, 2.45) is 5.92 Å². The van der Waals surface area contributed by atoms with Crippen molar-refractivity contribution in [3.8, 4) is 0 Å².